The van der Waals surface area contributed by atoms with Gasteiger partial charge in [-0.2, -0.15) is 0 Å². The topological polar surface area (TPSA) is 65.4 Å². The fourth-order valence-electron chi connectivity index (χ4n) is 3.54. The van der Waals surface area contributed by atoms with Gasteiger partial charge in [-0.15, -0.1) is 11.3 Å². The Balaban J connectivity index is 1.22. The summed E-state index contributed by atoms with van der Waals surface area (Å²) >= 11 is 8.06. The second-order valence-electron chi connectivity index (χ2n) is 7.06. The summed E-state index contributed by atoms with van der Waals surface area (Å²) in [5.74, 6) is 1.70. The van der Waals surface area contributed by atoms with Gasteiger partial charge in [-0.05, 0) is 37.1 Å². The van der Waals surface area contributed by atoms with Gasteiger partial charge in [-0.1, -0.05) is 23.7 Å². The molecule has 0 radical (unpaired) electrons. The molecule has 1 saturated heterocycles. The number of hydrogen-bond acceptors (Lipinski definition) is 5. The molecule has 2 N–H and O–H groups in total. The molecule has 0 saturated carbocycles. The first-order chi connectivity index (χ1) is 14.2. The molecule has 3 heterocycles. The quantitative estimate of drug-likeness (QED) is 0.356. The zero-order chi connectivity index (χ0) is 20.1. The third-order valence-electron chi connectivity index (χ3n) is 4.99. The number of aliphatic imine (C=N–C) groups is 1. The molecule has 0 aliphatic carbocycles. The largest absolute Gasteiger partial charge is 0.356 e. The number of nitrogens with one attached hydrogen (secondary N) is 2. The van der Waals surface area contributed by atoms with Crippen LogP contribution in [0.25, 0.3) is 10.2 Å². The molecule has 1 aromatic carbocycles. The van der Waals surface area contributed by atoms with Crippen LogP contribution < -0.4 is 15.5 Å². The summed E-state index contributed by atoms with van der Waals surface area (Å²) in [7, 11) is 1.81. The van der Waals surface area contributed by atoms with Crippen molar-refractivity contribution in [2.75, 3.05) is 31.6 Å². The monoisotopic (exact) mass is 428 g/mol. The number of fused-ring (bicyclic) bond motifs is 1. The predicted octanol–water partition coefficient (Wildman–Crippen LogP) is 3.72. The van der Waals surface area contributed by atoms with Gasteiger partial charge in [0.1, 0.15) is 5.82 Å². The molecule has 4 rings (SSSR count). The van der Waals surface area contributed by atoms with Crippen LogP contribution >= 0.6 is 22.9 Å². The van der Waals surface area contributed by atoms with Crippen molar-refractivity contribution in [2.24, 2.45) is 4.99 Å². The summed E-state index contributed by atoms with van der Waals surface area (Å²) in [5, 5.41) is 8.83. The molecule has 1 aliphatic rings. The molecule has 1 atom stereocenters. The van der Waals surface area contributed by atoms with E-state index in [0.29, 0.717) is 11.1 Å². The Hall–Kier alpha value is -2.38. The number of para-hydroxylation sites is 1. The number of aromatic nitrogens is 2. The van der Waals surface area contributed by atoms with Gasteiger partial charge in [-0.25, -0.2) is 9.97 Å². The Morgan fingerprint density at radius 1 is 1.31 bits per heavy atom. The van der Waals surface area contributed by atoms with Crippen LogP contribution in [0.1, 0.15) is 17.8 Å². The minimum absolute atomic E-state index is 0.323. The SMILES string of the molecule is CN=C(NCCCc1nc2ccccc2s1)NC1CCN(c2ncccc2Cl)C1. The maximum atomic E-state index is 6.28. The van der Waals surface area contributed by atoms with Crippen LogP contribution in [0.3, 0.4) is 0 Å². The summed E-state index contributed by atoms with van der Waals surface area (Å²) in [6, 6.07) is 12.4. The van der Waals surface area contributed by atoms with Crippen LogP contribution in [0, 0.1) is 0 Å². The second kappa shape index (κ2) is 9.41. The Labute approximate surface area is 180 Å². The van der Waals surface area contributed by atoms with Gasteiger partial charge in [0, 0.05) is 45.3 Å². The van der Waals surface area contributed by atoms with Crippen molar-refractivity contribution in [3.05, 3.63) is 52.6 Å². The maximum absolute atomic E-state index is 6.28. The number of aryl methyl sites for hydroxylation is 1. The third-order valence-corrected chi connectivity index (χ3v) is 6.38. The molecule has 2 aromatic heterocycles. The molecule has 29 heavy (non-hydrogen) atoms. The van der Waals surface area contributed by atoms with Crippen LogP contribution in [-0.2, 0) is 6.42 Å². The van der Waals surface area contributed by atoms with Gasteiger partial charge in [0.15, 0.2) is 5.96 Å². The number of anilines is 1. The highest BCUT2D eigenvalue weighted by atomic mass is 35.5. The number of benzene rings is 1. The lowest BCUT2D eigenvalue weighted by Crippen LogP contribution is -2.45. The summed E-state index contributed by atoms with van der Waals surface area (Å²) in [6.07, 6.45) is 4.80. The normalized spacial score (nSPS) is 17.1. The smallest absolute Gasteiger partial charge is 0.191 e. The van der Waals surface area contributed by atoms with E-state index in [4.69, 9.17) is 16.6 Å². The highest BCUT2D eigenvalue weighted by Crippen LogP contribution is 2.26. The highest BCUT2D eigenvalue weighted by molar-refractivity contribution is 7.18. The number of hydrogen-bond donors (Lipinski definition) is 2. The lowest BCUT2D eigenvalue weighted by molar-refractivity contribution is 0.642. The number of guanidine groups is 1. The van der Waals surface area contributed by atoms with E-state index < -0.39 is 0 Å². The van der Waals surface area contributed by atoms with Gasteiger partial charge in [0.05, 0.1) is 20.2 Å². The Morgan fingerprint density at radius 3 is 3.03 bits per heavy atom. The van der Waals surface area contributed by atoms with Crippen molar-refractivity contribution in [2.45, 2.75) is 25.3 Å². The summed E-state index contributed by atoms with van der Waals surface area (Å²) < 4.78 is 1.26. The van der Waals surface area contributed by atoms with Crippen LogP contribution in [0.15, 0.2) is 47.6 Å². The van der Waals surface area contributed by atoms with E-state index in [0.717, 1.165) is 56.2 Å². The van der Waals surface area contributed by atoms with E-state index in [1.807, 2.05) is 25.2 Å². The van der Waals surface area contributed by atoms with Crippen molar-refractivity contribution >= 4 is 44.9 Å². The molecular formula is C21H25ClN6S. The average molecular weight is 429 g/mol. The van der Waals surface area contributed by atoms with Crippen molar-refractivity contribution in [3.8, 4) is 0 Å². The number of nitrogens with zero attached hydrogens (tertiary/aromatic N) is 4. The molecule has 8 heteroatoms. The van der Waals surface area contributed by atoms with Crippen LogP contribution in [0.2, 0.25) is 5.02 Å². The van der Waals surface area contributed by atoms with E-state index >= 15 is 0 Å². The first-order valence-corrected chi connectivity index (χ1v) is 11.1. The van der Waals surface area contributed by atoms with E-state index in [1.54, 1.807) is 17.5 Å². The van der Waals surface area contributed by atoms with Gasteiger partial charge in [0.25, 0.3) is 0 Å². The minimum atomic E-state index is 0.323. The second-order valence-corrected chi connectivity index (χ2v) is 8.59. The number of rotatable bonds is 6. The Kier molecular flexibility index (Phi) is 6.46. The Bertz CT molecular complexity index is 955. The van der Waals surface area contributed by atoms with Crippen molar-refractivity contribution in [3.63, 3.8) is 0 Å². The standard InChI is InChI=1S/C21H25ClN6S/c1-23-21(25-12-5-9-19-27-17-7-2-3-8-18(17)29-19)26-15-10-13-28(14-15)20-16(22)6-4-11-24-20/h2-4,6-8,11,15H,5,9-10,12-14H2,1H3,(H2,23,25,26). The van der Waals surface area contributed by atoms with Gasteiger partial charge in [-0.3, -0.25) is 4.99 Å². The predicted molar refractivity (Wildman–Crippen MR) is 122 cm³/mol. The zero-order valence-corrected chi connectivity index (χ0v) is 18.0. The highest BCUT2D eigenvalue weighted by Gasteiger charge is 2.25. The van der Waals surface area contributed by atoms with E-state index in [1.165, 1.54) is 9.71 Å². The molecule has 1 unspecified atom stereocenters. The third kappa shape index (κ3) is 4.97. The van der Waals surface area contributed by atoms with E-state index in [2.05, 4.69) is 43.7 Å². The Morgan fingerprint density at radius 2 is 2.21 bits per heavy atom. The molecule has 6 nitrogen and oxygen atoms in total. The zero-order valence-electron chi connectivity index (χ0n) is 16.4. The fourth-order valence-corrected chi connectivity index (χ4v) is 4.79. The van der Waals surface area contributed by atoms with Gasteiger partial charge in [0.2, 0.25) is 0 Å². The lowest BCUT2D eigenvalue weighted by Gasteiger charge is -2.20. The minimum Gasteiger partial charge on any atom is -0.356 e. The number of pyridine rings is 1. The first kappa shape index (κ1) is 19.9. The van der Waals surface area contributed by atoms with Gasteiger partial charge < -0.3 is 15.5 Å². The number of thiazole rings is 1. The molecule has 3 aromatic rings. The van der Waals surface area contributed by atoms with Crippen molar-refractivity contribution in [1.29, 1.82) is 0 Å². The van der Waals surface area contributed by atoms with E-state index in [9.17, 15) is 0 Å². The van der Waals surface area contributed by atoms with Crippen molar-refractivity contribution in [1.82, 2.24) is 20.6 Å². The molecule has 0 spiro atoms. The molecule has 0 bridgehead atoms. The fraction of sp³-hybridized carbons (Fsp3) is 0.381. The molecule has 1 fully saturated rings. The van der Waals surface area contributed by atoms with Crippen LogP contribution in [0.5, 0.6) is 0 Å². The van der Waals surface area contributed by atoms with Crippen LogP contribution in [-0.4, -0.2) is 48.7 Å². The average Bonchev–Trinajstić information content (AvgIpc) is 3.37. The van der Waals surface area contributed by atoms with Crippen molar-refractivity contribution < 1.29 is 0 Å². The maximum Gasteiger partial charge on any atom is 0.191 e. The summed E-state index contributed by atoms with van der Waals surface area (Å²) in [4.78, 5) is 15.7. The molecule has 1 aliphatic heterocycles. The van der Waals surface area contributed by atoms with E-state index in [-0.39, 0.29) is 0 Å². The lowest BCUT2D eigenvalue weighted by atomic mass is 10.3. The van der Waals surface area contributed by atoms with Crippen LogP contribution in [0.4, 0.5) is 5.82 Å². The first-order valence-electron chi connectivity index (χ1n) is 9.90. The number of halogens is 1. The molecule has 0 amide bonds. The summed E-state index contributed by atoms with van der Waals surface area (Å²) in [5.41, 5.74) is 1.09. The molecule has 152 valence electrons. The van der Waals surface area contributed by atoms with Gasteiger partial charge >= 0.3 is 0 Å². The summed E-state index contributed by atoms with van der Waals surface area (Å²) in [6.45, 7) is 2.66. The molecular weight excluding hydrogens is 404 g/mol.